The van der Waals surface area contributed by atoms with Crippen LogP contribution in [0.15, 0.2) is 72.3 Å². The SMILES string of the molecule is COC(=O)c1sc(N2C(=O)C(=O)/C(=C(/O)c3ccc(OCc4cccc(C)c4)cc3)C2c2ccc(Cl)c(Cl)c2)nc1C. The molecule has 8 nitrogen and oxygen atoms in total. The fourth-order valence-corrected chi connectivity index (χ4v) is 5.95. The summed E-state index contributed by atoms with van der Waals surface area (Å²) in [6.07, 6.45) is 0. The molecule has 2 heterocycles. The Morgan fingerprint density at radius 3 is 2.43 bits per heavy atom. The van der Waals surface area contributed by atoms with Gasteiger partial charge < -0.3 is 14.6 Å². The number of aliphatic hydroxyl groups is 1. The number of aryl methyl sites for hydroxylation is 2. The molecule has 1 atom stereocenters. The van der Waals surface area contributed by atoms with Crippen LogP contribution in [0.5, 0.6) is 5.75 Å². The van der Waals surface area contributed by atoms with Crippen molar-refractivity contribution in [2.75, 3.05) is 12.0 Å². The number of carbonyl (C=O) groups excluding carboxylic acids is 3. The first-order valence-corrected chi connectivity index (χ1v) is 14.3. The Morgan fingerprint density at radius 2 is 1.76 bits per heavy atom. The van der Waals surface area contributed by atoms with Gasteiger partial charge in [-0.1, -0.05) is 70.4 Å². The van der Waals surface area contributed by atoms with E-state index in [9.17, 15) is 19.5 Å². The first-order valence-electron chi connectivity index (χ1n) is 12.7. The van der Waals surface area contributed by atoms with Crippen LogP contribution in [-0.4, -0.2) is 34.9 Å². The number of amides is 1. The molecule has 11 heteroatoms. The highest BCUT2D eigenvalue weighted by Crippen LogP contribution is 2.45. The molecule has 0 aliphatic carbocycles. The Bertz CT molecular complexity index is 1750. The van der Waals surface area contributed by atoms with Gasteiger partial charge in [-0.05, 0) is 61.4 Å². The molecule has 1 fully saturated rings. The zero-order valence-corrected chi connectivity index (χ0v) is 25.0. The van der Waals surface area contributed by atoms with E-state index in [0.717, 1.165) is 27.4 Å². The number of hydrogen-bond acceptors (Lipinski definition) is 8. The largest absolute Gasteiger partial charge is 0.507 e. The lowest BCUT2D eigenvalue weighted by molar-refractivity contribution is -0.132. The van der Waals surface area contributed by atoms with Gasteiger partial charge >= 0.3 is 11.9 Å². The van der Waals surface area contributed by atoms with Gasteiger partial charge in [0.1, 0.15) is 23.0 Å². The molecule has 1 N–H and O–H groups in total. The van der Waals surface area contributed by atoms with Gasteiger partial charge in [0.15, 0.2) is 5.13 Å². The van der Waals surface area contributed by atoms with Gasteiger partial charge in [-0.25, -0.2) is 9.78 Å². The van der Waals surface area contributed by atoms with E-state index in [4.69, 9.17) is 32.7 Å². The fraction of sp³-hybridized carbons (Fsp3) is 0.161. The van der Waals surface area contributed by atoms with Crippen LogP contribution in [0.25, 0.3) is 5.76 Å². The Morgan fingerprint density at radius 1 is 1.02 bits per heavy atom. The van der Waals surface area contributed by atoms with Crippen LogP contribution >= 0.6 is 34.5 Å². The number of thiazole rings is 1. The number of esters is 1. The van der Waals surface area contributed by atoms with E-state index in [0.29, 0.717) is 29.2 Å². The molecule has 1 unspecified atom stereocenters. The molecule has 0 saturated carbocycles. The molecule has 1 aliphatic rings. The highest BCUT2D eigenvalue weighted by atomic mass is 35.5. The molecule has 1 aromatic heterocycles. The summed E-state index contributed by atoms with van der Waals surface area (Å²) in [6, 6.07) is 18.0. The number of carbonyl (C=O) groups is 3. The van der Waals surface area contributed by atoms with Crippen LogP contribution in [0.1, 0.15) is 43.7 Å². The van der Waals surface area contributed by atoms with Crippen LogP contribution in [0.3, 0.4) is 0 Å². The molecule has 5 rings (SSSR count). The summed E-state index contributed by atoms with van der Waals surface area (Å²) in [5.41, 5.74) is 3.01. The summed E-state index contributed by atoms with van der Waals surface area (Å²) in [5.74, 6) is -2.29. The average molecular weight is 624 g/mol. The van der Waals surface area contributed by atoms with Gasteiger partial charge in [-0.2, -0.15) is 0 Å². The van der Waals surface area contributed by atoms with E-state index >= 15 is 0 Å². The average Bonchev–Trinajstić information content (AvgIpc) is 3.49. The molecule has 1 saturated heterocycles. The number of anilines is 1. The maximum atomic E-state index is 13.5. The number of Topliss-reactive ketones (excluding diaryl/α,β-unsaturated/α-hetero) is 1. The van der Waals surface area contributed by atoms with Crippen molar-refractivity contribution in [2.24, 2.45) is 0 Å². The van der Waals surface area contributed by atoms with Crippen molar-refractivity contribution in [1.82, 2.24) is 4.98 Å². The topological polar surface area (TPSA) is 106 Å². The van der Waals surface area contributed by atoms with Gasteiger partial charge in [0.25, 0.3) is 5.78 Å². The fourth-order valence-electron chi connectivity index (χ4n) is 4.63. The summed E-state index contributed by atoms with van der Waals surface area (Å²) in [5, 5.41) is 12.0. The number of ether oxygens (including phenoxy) is 2. The Hall–Kier alpha value is -4.18. The van der Waals surface area contributed by atoms with Gasteiger partial charge in [0.2, 0.25) is 0 Å². The van der Waals surface area contributed by atoms with Crippen LogP contribution in [0, 0.1) is 13.8 Å². The predicted molar refractivity (Wildman–Crippen MR) is 161 cm³/mol. The smallest absolute Gasteiger partial charge is 0.350 e. The minimum atomic E-state index is -1.10. The van der Waals surface area contributed by atoms with Crippen LogP contribution in [-0.2, 0) is 20.9 Å². The van der Waals surface area contributed by atoms with Crippen molar-refractivity contribution < 1.29 is 29.0 Å². The molecule has 1 amide bonds. The van der Waals surface area contributed by atoms with Crippen LogP contribution < -0.4 is 9.64 Å². The first-order chi connectivity index (χ1) is 20.1. The van der Waals surface area contributed by atoms with Crippen molar-refractivity contribution in [3.05, 3.63) is 115 Å². The standard InChI is InChI=1S/C31H24Cl2N2O6S/c1-16-5-4-6-18(13-16)15-41-21-10-7-19(8-11-21)26(36)24-25(20-9-12-22(32)23(33)14-20)35(29(38)27(24)37)31-34-17(2)28(42-31)30(39)40-3/h4-14,25,36H,15H2,1-3H3/b26-24+. The number of nitrogens with zero attached hydrogens (tertiary/aromatic N) is 2. The summed E-state index contributed by atoms with van der Waals surface area (Å²) < 4.78 is 10.7. The second kappa shape index (κ2) is 12.0. The number of hydrogen-bond donors (Lipinski definition) is 1. The molecule has 42 heavy (non-hydrogen) atoms. The predicted octanol–water partition coefficient (Wildman–Crippen LogP) is 7.06. The molecule has 4 aromatic rings. The summed E-state index contributed by atoms with van der Waals surface area (Å²) in [7, 11) is 1.24. The van der Waals surface area contributed by atoms with Crippen molar-refractivity contribution >= 4 is 63.1 Å². The second-order valence-corrected chi connectivity index (χ2v) is 11.3. The number of aromatic nitrogens is 1. The number of benzene rings is 3. The zero-order chi connectivity index (χ0) is 30.1. The molecule has 0 spiro atoms. The Labute approximate surface area is 255 Å². The quantitative estimate of drug-likeness (QED) is 0.102. The minimum Gasteiger partial charge on any atom is -0.507 e. The zero-order valence-electron chi connectivity index (χ0n) is 22.7. The van der Waals surface area contributed by atoms with E-state index in [-0.39, 0.29) is 25.6 Å². The van der Waals surface area contributed by atoms with Crippen molar-refractivity contribution in [1.29, 1.82) is 0 Å². The van der Waals surface area contributed by atoms with E-state index in [1.807, 2.05) is 31.2 Å². The van der Waals surface area contributed by atoms with Crippen LogP contribution in [0.4, 0.5) is 5.13 Å². The maximum Gasteiger partial charge on any atom is 0.350 e. The van der Waals surface area contributed by atoms with Gasteiger partial charge in [-0.3, -0.25) is 14.5 Å². The number of halogens is 2. The normalized spacial score (nSPS) is 16.1. The van der Waals surface area contributed by atoms with Crippen molar-refractivity contribution in [3.8, 4) is 5.75 Å². The summed E-state index contributed by atoms with van der Waals surface area (Å²) in [6.45, 7) is 3.96. The Kier molecular flexibility index (Phi) is 8.36. The lowest BCUT2D eigenvalue weighted by Gasteiger charge is -2.23. The number of ketones is 1. The molecule has 214 valence electrons. The number of methoxy groups -OCH3 is 1. The first kappa shape index (κ1) is 29.3. The third kappa shape index (κ3) is 5.63. The van der Waals surface area contributed by atoms with Crippen molar-refractivity contribution in [3.63, 3.8) is 0 Å². The lowest BCUT2D eigenvalue weighted by Crippen LogP contribution is -2.29. The summed E-state index contributed by atoms with van der Waals surface area (Å²) in [4.78, 5) is 44.9. The molecule has 0 bridgehead atoms. The third-order valence-corrected chi connectivity index (χ3v) is 8.56. The highest BCUT2D eigenvalue weighted by molar-refractivity contribution is 7.17. The monoisotopic (exact) mass is 622 g/mol. The van der Waals surface area contributed by atoms with E-state index in [2.05, 4.69) is 4.98 Å². The van der Waals surface area contributed by atoms with E-state index in [1.54, 1.807) is 37.3 Å². The van der Waals surface area contributed by atoms with Crippen LogP contribution in [0.2, 0.25) is 10.0 Å². The Balaban J connectivity index is 1.55. The van der Waals surface area contributed by atoms with E-state index in [1.165, 1.54) is 19.2 Å². The minimum absolute atomic E-state index is 0.0880. The molecule has 0 radical (unpaired) electrons. The number of rotatable bonds is 7. The van der Waals surface area contributed by atoms with Crippen molar-refractivity contribution in [2.45, 2.75) is 26.5 Å². The second-order valence-electron chi connectivity index (χ2n) is 9.55. The third-order valence-electron chi connectivity index (χ3n) is 6.68. The molecule has 3 aromatic carbocycles. The maximum absolute atomic E-state index is 13.5. The number of aliphatic hydroxyl groups excluding tert-OH is 1. The highest BCUT2D eigenvalue weighted by Gasteiger charge is 2.48. The molecular weight excluding hydrogens is 599 g/mol. The lowest BCUT2D eigenvalue weighted by atomic mass is 9.95. The summed E-state index contributed by atoms with van der Waals surface area (Å²) >= 11 is 13.4. The van der Waals surface area contributed by atoms with Gasteiger partial charge in [0, 0.05) is 5.56 Å². The van der Waals surface area contributed by atoms with Gasteiger partial charge in [0.05, 0.1) is 34.5 Å². The molecule has 1 aliphatic heterocycles. The molecular formula is C31H24Cl2N2O6S. The van der Waals surface area contributed by atoms with E-state index < -0.39 is 29.5 Å². The van der Waals surface area contributed by atoms with Gasteiger partial charge in [-0.15, -0.1) is 0 Å².